The van der Waals surface area contributed by atoms with E-state index in [0.717, 1.165) is 16.8 Å². The Morgan fingerprint density at radius 3 is 2.43 bits per heavy atom. The molecule has 1 unspecified atom stereocenters. The van der Waals surface area contributed by atoms with Crippen LogP contribution in [0.15, 0.2) is 60.7 Å². The number of β-amino-alcohol motifs (C(OH)–C–C–N with tert-alkyl or cyclic N) is 1. The van der Waals surface area contributed by atoms with Gasteiger partial charge in [0, 0.05) is 17.8 Å². The Labute approximate surface area is 204 Å². The second kappa shape index (κ2) is 11.1. The van der Waals surface area contributed by atoms with Crippen LogP contribution in [-0.4, -0.2) is 51.1 Å². The molecule has 182 valence electrons. The lowest BCUT2D eigenvalue weighted by Crippen LogP contribution is -2.49. The van der Waals surface area contributed by atoms with Crippen molar-refractivity contribution in [1.82, 2.24) is 10.3 Å². The van der Waals surface area contributed by atoms with Crippen LogP contribution in [-0.2, 0) is 0 Å². The molecule has 2 atom stereocenters. The molecule has 0 aliphatic heterocycles. The van der Waals surface area contributed by atoms with Gasteiger partial charge in [0.05, 0.1) is 16.8 Å². The number of carbonyl (C=O) groups is 1. The van der Waals surface area contributed by atoms with Crippen molar-refractivity contribution in [3.63, 3.8) is 0 Å². The predicted octanol–water partition coefficient (Wildman–Crippen LogP) is 3.47. The average Bonchev–Trinajstić information content (AvgIpc) is 2.85. The number of aromatic carboxylic acids is 1. The largest absolute Gasteiger partial charge is 0.489 e. The smallest absolute Gasteiger partial charge is 0.335 e. The summed E-state index contributed by atoms with van der Waals surface area (Å²) in [6.07, 6.45) is -1.79. The first-order valence-corrected chi connectivity index (χ1v) is 11.2. The van der Waals surface area contributed by atoms with Crippen molar-refractivity contribution in [1.29, 1.82) is 5.26 Å². The molecule has 0 radical (unpaired) electrons. The number of aliphatic hydroxyl groups is 2. The lowest BCUT2D eigenvalue weighted by molar-refractivity contribution is 0.0528. The maximum atomic E-state index is 11.1. The average molecular weight is 476 g/mol. The molecule has 2 aromatic carbocycles. The second-order valence-electron chi connectivity index (χ2n) is 8.88. The topological polar surface area (TPSA) is 136 Å². The number of aromatic nitrogens is 1. The molecule has 4 N–H and O–H groups in total. The highest BCUT2D eigenvalue weighted by Crippen LogP contribution is 2.28. The maximum Gasteiger partial charge on any atom is 0.335 e. The Morgan fingerprint density at radius 2 is 1.80 bits per heavy atom. The van der Waals surface area contributed by atoms with Gasteiger partial charge in [-0.25, -0.2) is 4.79 Å². The Morgan fingerprint density at radius 1 is 1.11 bits per heavy atom. The van der Waals surface area contributed by atoms with Gasteiger partial charge in [-0.1, -0.05) is 24.3 Å². The maximum absolute atomic E-state index is 11.1. The number of hydrogen-bond acceptors (Lipinski definition) is 7. The Bertz CT molecular complexity index is 1220. The summed E-state index contributed by atoms with van der Waals surface area (Å²) >= 11 is 0. The Balaban J connectivity index is 1.63. The number of benzene rings is 2. The van der Waals surface area contributed by atoms with E-state index in [0.29, 0.717) is 17.0 Å². The van der Waals surface area contributed by atoms with Gasteiger partial charge in [0.1, 0.15) is 30.6 Å². The van der Waals surface area contributed by atoms with E-state index in [1.54, 1.807) is 36.4 Å². The third kappa shape index (κ3) is 6.64. The fourth-order valence-electron chi connectivity index (χ4n) is 3.53. The number of carboxylic acids is 1. The summed E-state index contributed by atoms with van der Waals surface area (Å²) in [5.74, 6) is -0.691. The summed E-state index contributed by atoms with van der Waals surface area (Å²) in [5, 5.41) is 42.9. The van der Waals surface area contributed by atoms with E-state index >= 15 is 0 Å². The van der Waals surface area contributed by atoms with Crippen LogP contribution in [0.2, 0.25) is 0 Å². The lowest BCUT2D eigenvalue weighted by atomic mass is 9.94. The minimum absolute atomic E-state index is 0.0715. The van der Waals surface area contributed by atoms with Crippen LogP contribution in [0.3, 0.4) is 0 Å². The van der Waals surface area contributed by atoms with Crippen molar-refractivity contribution >= 4 is 5.97 Å². The van der Waals surface area contributed by atoms with E-state index in [4.69, 9.17) is 9.84 Å². The van der Waals surface area contributed by atoms with Crippen LogP contribution in [0.1, 0.15) is 47.3 Å². The van der Waals surface area contributed by atoms with Crippen molar-refractivity contribution < 1.29 is 24.9 Å². The summed E-state index contributed by atoms with van der Waals surface area (Å²) in [4.78, 5) is 15.4. The zero-order valence-corrected chi connectivity index (χ0v) is 19.9. The molecule has 0 saturated heterocycles. The van der Waals surface area contributed by atoms with E-state index in [-0.39, 0.29) is 18.7 Å². The van der Waals surface area contributed by atoms with Crippen LogP contribution in [0.5, 0.6) is 5.75 Å². The minimum Gasteiger partial charge on any atom is -0.489 e. The van der Waals surface area contributed by atoms with E-state index < -0.39 is 23.7 Å². The zero-order valence-electron chi connectivity index (χ0n) is 19.9. The van der Waals surface area contributed by atoms with Crippen molar-refractivity contribution in [2.24, 2.45) is 0 Å². The molecule has 1 aromatic heterocycles. The minimum atomic E-state index is -1.01. The van der Waals surface area contributed by atoms with Gasteiger partial charge in [-0.15, -0.1) is 0 Å². The fourth-order valence-corrected chi connectivity index (χ4v) is 3.53. The highest BCUT2D eigenvalue weighted by molar-refractivity contribution is 5.88. The molecule has 0 amide bonds. The van der Waals surface area contributed by atoms with Gasteiger partial charge in [0.25, 0.3) is 0 Å². The van der Waals surface area contributed by atoms with Gasteiger partial charge in [0.2, 0.25) is 0 Å². The van der Waals surface area contributed by atoms with Crippen LogP contribution in [0.4, 0.5) is 0 Å². The molecule has 0 fully saturated rings. The first-order valence-electron chi connectivity index (χ1n) is 11.2. The standard InChI is InChI=1S/C27H29N3O5/c1-17-5-4-6-23(30-17)25(32)27(2,3)29-15-22(31)16-35-24-13-20(11-12-21(24)14-28)18-7-9-19(10-8-18)26(33)34/h4-13,22,25,29,31-32H,15-16H2,1-3H3,(H,33,34)/t22-,25?/m0/s1. The molecular formula is C27H29N3O5. The number of hydrogen-bond donors (Lipinski definition) is 4. The number of aliphatic hydroxyl groups excluding tert-OH is 2. The van der Waals surface area contributed by atoms with Crippen LogP contribution in [0, 0.1) is 18.3 Å². The van der Waals surface area contributed by atoms with E-state index in [2.05, 4.69) is 16.4 Å². The number of carboxylic acid groups (broad SMARTS) is 1. The molecule has 3 rings (SSSR count). The number of nitrogens with zero attached hydrogens (tertiary/aromatic N) is 2. The molecule has 0 spiro atoms. The summed E-state index contributed by atoms with van der Waals surface area (Å²) in [6.45, 7) is 5.57. The molecule has 35 heavy (non-hydrogen) atoms. The number of ether oxygens (including phenoxy) is 1. The molecule has 3 aromatic rings. The summed E-state index contributed by atoms with van der Waals surface area (Å²) in [6, 6.07) is 19.0. The highest BCUT2D eigenvalue weighted by Gasteiger charge is 2.30. The molecule has 8 heteroatoms. The summed E-state index contributed by atoms with van der Waals surface area (Å²) < 4.78 is 5.76. The zero-order chi connectivity index (χ0) is 25.6. The van der Waals surface area contributed by atoms with Crippen molar-refractivity contribution in [2.45, 2.75) is 38.5 Å². The monoisotopic (exact) mass is 475 g/mol. The third-order valence-corrected chi connectivity index (χ3v) is 5.67. The molecule has 1 heterocycles. The van der Waals surface area contributed by atoms with E-state index in [9.17, 15) is 20.3 Å². The van der Waals surface area contributed by atoms with Crippen molar-refractivity contribution in [3.05, 3.63) is 83.2 Å². The first kappa shape index (κ1) is 25.8. The normalized spacial score (nSPS) is 13.0. The fraction of sp³-hybridized carbons (Fsp3) is 0.296. The molecular weight excluding hydrogens is 446 g/mol. The van der Waals surface area contributed by atoms with Gasteiger partial charge >= 0.3 is 5.97 Å². The van der Waals surface area contributed by atoms with Crippen LogP contribution in [0.25, 0.3) is 11.1 Å². The van der Waals surface area contributed by atoms with Gasteiger partial charge < -0.3 is 25.4 Å². The van der Waals surface area contributed by atoms with Crippen LogP contribution < -0.4 is 10.1 Å². The van der Waals surface area contributed by atoms with Gasteiger partial charge in [-0.3, -0.25) is 4.98 Å². The molecule has 0 aliphatic carbocycles. The number of nitriles is 1. The number of rotatable bonds is 10. The van der Waals surface area contributed by atoms with Gasteiger partial charge in [0.15, 0.2) is 0 Å². The summed E-state index contributed by atoms with van der Waals surface area (Å²) in [5.41, 5.74) is 2.60. The van der Waals surface area contributed by atoms with Crippen LogP contribution >= 0.6 is 0 Å². The highest BCUT2D eigenvalue weighted by atomic mass is 16.5. The van der Waals surface area contributed by atoms with Gasteiger partial charge in [-0.05, 0) is 68.3 Å². The Kier molecular flexibility index (Phi) is 8.20. The van der Waals surface area contributed by atoms with E-state index in [1.807, 2.05) is 32.9 Å². The number of pyridine rings is 1. The van der Waals surface area contributed by atoms with E-state index in [1.165, 1.54) is 12.1 Å². The van der Waals surface area contributed by atoms with Crippen molar-refractivity contribution in [3.8, 4) is 22.9 Å². The quantitative estimate of drug-likeness (QED) is 0.350. The summed E-state index contributed by atoms with van der Waals surface area (Å²) in [7, 11) is 0. The van der Waals surface area contributed by atoms with Crippen molar-refractivity contribution in [2.75, 3.05) is 13.2 Å². The SMILES string of the molecule is Cc1cccc(C(O)C(C)(C)NC[C@H](O)COc2cc(-c3ccc(C(=O)O)cc3)ccc2C#N)n1. The van der Waals surface area contributed by atoms with Gasteiger partial charge in [-0.2, -0.15) is 5.26 Å². The molecule has 8 nitrogen and oxygen atoms in total. The number of aryl methyl sites for hydroxylation is 1. The first-order chi connectivity index (χ1) is 16.6. The number of nitrogens with one attached hydrogen (secondary N) is 1. The molecule has 0 saturated carbocycles. The lowest BCUT2D eigenvalue weighted by Gasteiger charge is -2.32. The third-order valence-electron chi connectivity index (χ3n) is 5.67. The second-order valence-corrected chi connectivity index (χ2v) is 8.88. The Hall–Kier alpha value is -3.77. The predicted molar refractivity (Wildman–Crippen MR) is 131 cm³/mol. The molecule has 0 aliphatic rings. The molecule has 0 bridgehead atoms.